The van der Waals surface area contributed by atoms with E-state index in [0.29, 0.717) is 23.4 Å². The molecule has 0 bridgehead atoms. The second-order valence-corrected chi connectivity index (χ2v) is 6.70. The quantitative estimate of drug-likeness (QED) is 0.861. The summed E-state index contributed by atoms with van der Waals surface area (Å²) in [6, 6.07) is 6.29. The molecule has 5 nitrogen and oxygen atoms in total. The summed E-state index contributed by atoms with van der Waals surface area (Å²) < 4.78 is 24.6. The molecule has 0 saturated carbocycles. The van der Waals surface area contributed by atoms with Crippen molar-refractivity contribution in [1.82, 2.24) is 15.0 Å². The van der Waals surface area contributed by atoms with Crippen molar-refractivity contribution in [3.05, 3.63) is 36.0 Å². The number of rotatable bonds is 4. The molecule has 2 aromatic rings. The Morgan fingerprint density at radius 1 is 1.25 bits per heavy atom. The minimum absolute atomic E-state index is 0.245. The molecule has 0 radical (unpaired) electrons. The van der Waals surface area contributed by atoms with Crippen LogP contribution in [0.5, 0.6) is 0 Å². The molecule has 2 saturated heterocycles. The normalized spacial score (nSPS) is 25.2. The van der Waals surface area contributed by atoms with E-state index in [1.165, 1.54) is 18.6 Å². The van der Waals surface area contributed by atoms with Gasteiger partial charge in [-0.15, -0.1) is 0 Å². The maximum Gasteiger partial charge on any atom is 0.231 e. The molecule has 3 heterocycles. The average Bonchev–Trinajstić information content (AvgIpc) is 3.27. The zero-order valence-electron chi connectivity index (χ0n) is 13.7. The largest absolute Gasteiger partial charge is 0.377 e. The zero-order chi connectivity index (χ0) is 16.4. The minimum atomic E-state index is -0.292. The summed E-state index contributed by atoms with van der Waals surface area (Å²) in [6.07, 6.45) is 4.87. The Labute approximate surface area is 140 Å². The van der Waals surface area contributed by atoms with E-state index in [4.69, 9.17) is 9.26 Å². The monoisotopic (exact) mass is 331 g/mol. The maximum atomic E-state index is 13.4. The molecule has 24 heavy (non-hydrogen) atoms. The van der Waals surface area contributed by atoms with E-state index in [0.717, 1.165) is 45.5 Å². The fraction of sp³-hybridized carbons (Fsp3) is 0.556. The molecule has 0 spiro atoms. The predicted molar refractivity (Wildman–Crippen MR) is 87.1 cm³/mol. The van der Waals surface area contributed by atoms with Gasteiger partial charge >= 0.3 is 0 Å². The highest BCUT2D eigenvalue weighted by molar-refractivity contribution is 5.53. The van der Waals surface area contributed by atoms with Gasteiger partial charge in [0.25, 0.3) is 0 Å². The van der Waals surface area contributed by atoms with Gasteiger partial charge in [0.2, 0.25) is 11.7 Å². The molecule has 2 atom stereocenters. The van der Waals surface area contributed by atoms with Crippen LogP contribution in [0.1, 0.15) is 37.5 Å². The van der Waals surface area contributed by atoms with Crippen LogP contribution in [0.4, 0.5) is 4.39 Å². The molecule has 2 aliphatic heterocycles. The molecule has 4 rings (SSSR count). The fourth-order valence-corrected chi connectivity index (χ4v) is 3.65. The lowest BCUT2D eigenvalue weighted by Gasteiger charge is -2.32. The molecule has 2 aliphatic rings. The van der Waals surface area contributed by atoms with Crippen molar-refractivity contribution in [3.63, 3.8) is 0 Å². The van der Waals surface area contributed by atoms with Crippen molar-refractivity contribution in [3.8, 4) is 11.4 Å². The number of likely N-dealkylation sites (tertiary alicyclic amines) is 1. The van der Waals surface area contributed by atoms with Crippen LogP contribution in [0.2, 0.25) is 0 Å². The minimum Gasteiger partial charge on any atom is -0.377 e. The predicted octanol–water partition coefficient (Wildman–Crippen LogP) is 3.23. The first-order chi connectivity index (χ1) is 11.8. The van der Waals surface area contributed by atoms with E-state index in [2.05, 4.69) is 15.0 Å². The van der Waals surface area contributed by atoms with Crippen LogP contribution in [0, 0.1) is 5.82 Å². The third-order valence-corrected chi connectivity index (χ3v) is 4.87. The van der Waals surface area contributed by atoms with Crippen LogP contribution in [-0.2, 0) is 4.74 Å². The van der Waals surface area contributed by atoms with E-state index in [-0.39, 0.29) is 11.7 Å². The number of ether oxygens (including phenoxy) is 1. The van der Waals surface area contributed by atoms with Gasteiger partial charge in [0.15, 0.2) is 0 Å². The van der Waals surface area contributed by atoms with E-state index >= 15 is 0 Å². The summed E-state index contributed by atoms with van der Waals surface area (Å²) >= 11 is 0. The van der Waals surface area contributed by atoms with E-state index in [1.54, 1.807) is 12.1 Å². The Morgan fingerprint density at radius 3 is 3.04 bits per heavy atom. The highest BCUT2D eigenvalue weighted by atomic mass is 19.1. The van der Waals surface area contributed by atoms with Gasteiger partial charge in [-0.25, -0.2) is 4.39 Å². The summed E-state index contributed by atoms with van der Waals surface area (Å²) in [7, 11) is 0. The maximum absolute atomic E-state index is 13.4. The molecular formula is C18H22FN3O2. The van der Waals surface area contributed by atoms with Gasteiger partial charge in [0.1, 0.15) is 5.82 Å². The first-order valence-electron chi connectivity index (χ1n) is 8.71. The van der Waals surface area contributed by atoms with Crippen molar-refractivity contribution in [2.45, 2.75) is 37.7 Å². The fourth-order valence-electron chi connectivity index (χ4n) is 3.65. The SMILES string of the molecule is Fc1cccc(-c2noc([C@@H]3CCCN(C[C@H]4CCCO4)C3)n2)c1. The van der Waals surface area contributed by atoms with Crippen LogP contribution in [0.3, 0.4) is 0 Å². The number of hydrogen-bond acceptors (Lipinski definition) is 5. The standard InChI is InChI=1S/C18H22FN3O2/c19-15-6-1-4-13(10-15)17-20-18(24-21-17)14-5-2-8-22(11-14)12-16-7-3-9-23-16/h1,4,6,10,14,16H,2-3,5,7-9,11-12H2/t14-,16-/m1/s1. The Kier molecular flexibility index (Phi) is 4.58. The summed E-state index contributed by atoms with van der Waals surface area (Å²) in [5, 5.41) is 4.04. The molecule has 1 aromatic carbocycles. The Bertz CT molecular complexity index is 684. The second-order valence-electron chi connectivity index (χ2n) is 6.70. The third kappa shape index (κ3) is 3.49. The van der Waals surface area contributed by atoms with Crippen molar-refractivity contribution < 1.29 is 13.7 Å². The lowest BCUT2D eigenvalue weighted by Crippen LogP contribution is -2.39. The van der Waals surface area contributed by atoms with Crippen molar-refractivity contribution in [2.24, 2.45) is 0 Å². The second kappa shape index (κ2) is 6.99. The summed E-state index contributed by atoms with van der Waals surface area (Å²) in [6.45, 7) is 3.90. The molecular weight excluding hydrogens is 309 g/mol. The van der Waals surface area contributed by atoms with E-state index in [1.807, 2.05) is 0 Å². The smallest absolute Gasteiger partial charge is 0.231 e. The number of piperidine rings is 1. The van der Waals surface area contributed by atoms with Crippen molar-refractivity contribution in [2.75, 3.05) is 26.2 Å². The van der Waals surface area contributed by atoms with Gasteiger partial charge in [0.05, 0.1) is 12.0 Å². The van der Waals surface area contributed by atoms with Gasteiger partial charge in [0, 0.05) is 25.3 Å². The molecule has 1 aromatic heterocycles. The van der Waals surface area contributed by atoms with E-state index in [9.17, 15) is 4.39 Å². The number of hydrogen-bond donors (Lipinski definition) is 0. The number of halogens is 1. The highest BCUT2D eigenvalue weighted by Gasteiger charge is 2.28. The Balaban J connectivity index is 1.43. The lowest BCUT2D eigenvalue weighted by molar-refractivity contribution is 0.0609. The molecule has 0 N–H and O–H groups in total. The zero-order valence-corrected chi connectivity index (χ0v) is 13.7. The number of aromatic nitrogens is 2. The molecule has 0 unspecified atom stereocenters. The van der Waals surface area contributed by atoms with Crippen molar-refractivity contribution >= 4 is 0 Å². The van der Waals surface area contributed by atoms with Crippen LogP contribution in [0.15, 0.2) is 28.8 Å². The summed E-state index contributed by atoms with van der Waals surface area (Å²) in [5.74, 6) is 1.07. The van der Waals surface area contributed by atoms with Gasteiger partial charge in [-0.2, -0.15) is 4.98 Å². The number of benzene rings is 1. The molecule has 0 aliphatic carbocycles. The topological polar surface area (TPSA) is 51.4 Å². The first-order valence-corrected chi connectivity index (χ1v) is 8.71. The molecule has 6 heteroatoms. The molecule has 128 valence electrons. The van der Waals surface area contributed by atoms with E-state index < -0.39 is 0 Å². The first kappa shape index (κ1) is 15.7. The number of nitrogens with zero attached hydrogens (tertiary/aromatic N) is 3. The Morgan fingerprint density at radius 2 is 2.21 bits per heavy atom. The summed E-state index contributed by atoms with van der Waals surface area (Å²) in [4.78, 5) is 6.95. The molecule has 2 fully saturated rings. The highest BCUT2D eigenvalue weighted by Crippen LogP contribution is 2.28. The van der Waals surface area contributed by atoms with Gasteiger partial charge in [-0.1, -0.05) is 17.3 Å². The van der Waals surface area contributed by atoms with Crippen LogP contribution >= 0.6 is 0 Å². The van der Waals surface area contributed by atoms with Crippen molar-refractivity contribution in [1.29, 1.82) is 0 Å². The van der Waals surface area contributed by atoms with Crippen LogP contribution in [-0.4, -0.2) is 47.4 Å². The molecule has 0 amide bonds. The lowest BCUT2D eigenvalue weighted by atomic mass is 9.97. The summed E-state index contributed by atoms with van der Waals surface area (Å²) in [5.41, 5.74) is 0.650. The van der Waals surface area contributed by atoms with Crippen LogP contribution < -0.4 is 0 Å². The average molecular weight is 331 g/mol. The van der Waals surface area contributed by atoms with Gasteiger partial charge < -0.3 is 9.26 Å². The van der Waals surface area contributed by atoms with Gasteiger partial charge in [-0.3, -0.25) is 4.90 Å². The third-order valence-electron chi connectivity index (χ3n) is 4.87. The van der Waals surface area contributed by atoms with Crippen LogP contribution in [0.25, 0.3) is 11.4 Å². The van der Waals surface area contributed by atoms with Gasteiger partial charge in [-0.05, 0) is 44.4 Å². The Hall–Kier alpha value is -1.79.